The lowest BCUT2D eigenvalue weighted by Crippen LogP contribution is -1.79. The minimum absolute atomic E-state index is 0.281. The fraction of sp³-hybridized carbons (Fsp3) is 1.00. The molecule has 33 valence electrons. The van der Waals surface area contributed by atoms with E-state index in [9.17, 15) is 5.11 Å². The summed E-state index contributed by atoms with van der Waals surface area (Å²) in [4.78, 5) is 2.28. The minimum Gasteiger partial charge on any atom is -0.237 e. The van der Waals surface area contributed by atoms with E-state index in [1.54, 1.807) is 0 Å². The number of azide groups is 1. The zero-order valence-electron chi connectivity index (χ0n) is 4.03. The molecule has 0 saturated heterocycles. The molecule has 0 amide bonds. The molecule has 0 rings (SSSR count). The first-order valence-corrected chi connectivity index (χ1v) is 1.36. The van der Waals surface area contributed by atoms with E-state index in [1.165, 1.54) is 0 Å². The third kappa shape index (κ3) is 3.27. The molecule has 0 aromatic heterocycles. The molecular weight excluding hydrogens is 82.0 g/mol. The van der Waals surface area contributed by atoms with Crippen LogP contribution >= 0.6 is 0 Å². The first-order chi connectivity index (χ1) is 3.27. The van der Waals surface area contributed by atoms with Crippen molar-refractivity contribution in [3.63, 3.8) is 0 Å². The third-order valence-electron chi connectivity index (χ3n) is 0.219. The maximum absolute atomic E-state index is 9.69. The second kappa shape index (κ2) is 4.27. The SMILES string of the molecule is [3H]C([O])CN=[N+]=[N-]. The highest BCUT2D eigenvalue weighted by molar-refractivity contribution is 4.40. The lowest BCUT2D eigenvalue weighted by molar-refractivity contribution is 0.203. The summed E-state index contributed by atoms with van der Waals surface area (Å²) in [6.07, 6.45) is 0. The van der Waals surface area contributed by atoms with Crippen molar-refractivity contribution < 1.29 is 6.48 Å². The fourth-order valence-electron chi connectivity index (χ4n) is 0.0698. The van der Waals surface area contributed by atoms with Gasteiger partial charge >= 0.3 is 0 Å². The summed E-state index contributed by atoms with van der Waals surface area (Å²) in [6.45, 7) is -1.80. The Kier molecular flexibility index (Phi) is 2.46. The van der Waals surface area contributed by atoms with Gasteiger partial charge in [0.05, 0.1) is 14.5 Å². The molecule has 0 saturated carbocycles. The second-order valence-corrected chi connectivity index (χ2v) is 0.580. The molecule has 4 heteroatoms. The van der Waals surface area contributed by atoms with E-state index in [2.05, 4.69) is 10.0 Å². The van der Waals surface area contributed by atoms with E-state index in [0.29, 0.717) is 0 Å². The summed E-state index contributed by atoms with van der Waals surface area (Å²) in [5.41, 5.74) is 7.55. The third-order valence-corrected chi connectivity index (χ3v) is 0.219. The Morgan fingerprint density at radius 3 is 3.00 bits per heavy atom. The van der Waals surface area contributed by atoms with Crippen molar-refractivity contribution in [1.29, 1.82) is 0 Å². The predicted molar refractivity (Wildman–Crippen MR) is 19.6 cm³/mol. The van der Waals surface area contributed by atoms with Crippen molar-refractivity contribution in [3.8, 4) is 0 Å². The van der Waals surface area contributed by atoms with Gasteiger partial charge in [-0.1, -0.05) is 5.11 Å². The molecular formula is C2H4N3O. The van der Waals surface area contributed by atoms with Crippen LogP contribution in [0, 0.1) is 0 Å². The Labute approximate surface area is 36.4 Å². The molecule has 0 aromatic carbocycles. The molecule has 6 heavy (non-hydrogen) atoms. The van der Waals surface area contributed by atoms with Crippen LogP contribution < -0.4 is 0 Å². The smallest absolute Gasteiger partial charge is 0.0878 e. The molecule has 0 aliphatic rings. The number of hydrogen-bond donors (Lipinski definition) is 0. The predicted octanol–water partition coefficient (Wildman–Crippen LogP) is 0.727. The highest BCUT2D eigenvalue weighted by atomic mass is 16.3. The van der Waals surface area contributed by atoms with Gasteiger partial charge in [0, 0.05) is 4.91 Å². The maximum Gasteiger partial charge on any atom is 0.0878 e. The quantitative estimate of drug-likeness (QED) is 0.271. The minimum atomic E-state index is -1.52. The van der Waals surface area contributed by atoms with Gasteiger partial charge in [-0.25, -0.2) is 5.11 Å². The van der Waals surface area contributed by atoms with Crippen LogP contribution in [0.2, 0.25) is 0 Å². The number of rotatable bonds is 2. The van der Waals surface area contributed by atoms with Crippen LogP contribution in [-0.4, -0.2) is 13.1 Å². The first kappa shape index (κ1) is 3.46. The van der Waals surface area contributed by atoms with Crippen LogP contribution in [0.1, 0.15) is 1.37 Å². The molecule has 0 heterocycles. The average Bonchev–Trinajstić information content (AvgIpc) is 1.61. The zero-order chi connectivity index (χ0) is 5.70. The Balaban J connectivity index is 3.13. The van der Waals surface area contributed by atoms with Crippen molar-refractivity contribution in [1.82, 2.24) is 0 Å². The van der Waals surface area contributed by atoms with Crippen molar-refractivity contribution >= 4 is 0 Å². The first-order valence-electron chi connectivity index (χ1n) is 1.94. The Morgan fingerprint density at radius 1 is 2.17 bits per heavy atom. The van der Waals surface area contributed by atoms with Crippen LogP contribution in [-0.2, 0) is 5.11 Å². The zero-order valence-corrected chi connectivity index (χ0v) is 3.03. The van der Waals surface area contributed by atoms with Crippen LogP contribution in [0.4, 0.5) is 0 Å². The van der Waals surface area contributed by atoms with Crippen LogP contribution in [0.5, 0.6) is 0 Å². The molecule has 0 N–H and O–H groups in total. The summed E-state index contributed by atoms with van der Waals surface area (Å²) in [5, 5.41) is 12.5. The van der Waals surface area contributed by atoms with Gasteiger partial charge < -0.3 is 0 Å². The van der Waals surface area contributed by atoms with E-state index >= 15 is 0 Å². The molecule has 0 aromatic rings. The molecule has 1 radical (unpaired) electrons. The molecule has 0 bridgehead atoms. The highest BCUT2D eigenvalue weighted by Crippen LogP contribution is 1.64. The van der Waals surface area contributed by atoms with Gasteiger partial charge in [-0.2, -0.15) is 0 Å². The van der Waals surface area contributed by atoms with E-state index < -0.39 is 6.58 Å². The van der Waals surface area contributed by atoms with Gasteiger partial charge in [0.15, 0.2) is 0 Å². The summed E-state index contributed by atoms with van der Waals surface area (Å²) < 4.78 is 6.26. The van der Waals surface area contributed by atoms with Gasteiger partial charge in [0.25, 0.3) is 0 Å². The van der Waals surface area contributed by atoms with Crippen LogP contribution in [0.15, 0.2) is 5.11 Å². The molecule has 0 spiro atoms. The second-order valence-electron chi connectivity index (χ2n) is 0.580. The van der Waals surface area contributed by atoms with Crippen molar-refractivity contribution in [2.75, 3.05) is 13.1 Å². The van der Waals surface area contributed by atoms with Gasteiger partial charge in [0.2, 0.25) is 0 Å². The van der Waals surface area contributed by atoms with Crippen LogP contribution in [0.25, 0.3) is 10.4 Å². The summed E-state index contributed by atoms with van der Waals surface area (Å²) in [7, 11) is 0. The Morgan fingerprint density at radius 2 is 2.83 bits per heavy atom. The van der Waals surface area contributed by atoms with Gasteiger partial charge in [-0.15, -0.1) is 0 Å². The molecule has 1 unspecified atom stereocenters. The molecule has 1 atom stereocenters. The van der Waals surface area contributed by atoms with E-state index in [1.807, 2.05) is 0 Å². The van der Waals surface area contributed by atoms with Gasteiger partial charge in [0.1, 0.15) is 0 Å². The van der Waals surface area contributed by atoms with E-state index in [-0.39, 0.29) is 6.54 Å². The average molecular weight is 88.1 g/mol. The Hall–Kier alpha value is -0.730. The lowest BCUT2D eigenvalue weighted by Gasteiger charge is -1.68. The van der Waals surface area contributed by atoms with Gasteiger partial charge in [-0.05, 0) is 5.53 Å². The Bertz CT molecular complexity index is 86.9. The molecule has 4 nitrogen and oxygen atoms in total. The lowest BCUT2D eigenvalue weighted by atomic mass is 10.8. The highest BCUT2D eigenvalue weighted by Gasteiger charge is 1.69. The maximum atomic E-state index is 9.69. The number of nitrogens with zero attached hydrogens (tertiary/aromatic N) is 3. The molecule has 0 aliphatic carbocycles. The molecule has 0 aliphatic heterocycles. The largest absolute Gasteiger partial charge is 0.237 e. The standard InChI is InChI=1S/C2H4N3O/c3-5-4-1-2-6/h1-2H2/i2T. The van der Waals surface area contributed by atoms with Crippen molar-refractivity contribution in [3.05, 3.63) is 10.4 Å². The van der Waals surface area contributed by atoms with E-state index in [0.717, 1.165) is 0 Å². The normalized spacial score (nSPS) is 14.5. The summed E-state index contributed by atoms with van der Waals surface area (Å²) in [6, 6.07) is 0. The van der Waals surface area contributed by atoms with Gasteiger partial charge in [-0.3, -0.25) is 0 Å². The topological polar surface area (TPSA) is 68.7 Å². The van der Waals surface area contributed by atoms with E-state index in [4.69, 9.17) is 6.90 Å². The molecule has 0 fully saturated rings. The summed E-state index contributed by atoms with van der Waals surface area (Å²) in [5.74, 6) is 0. The van der Waals surface area contributed by atoms with Crippen molar-refractivity contribution in [2.24, 2.45) is 5.11 Å². The monoisotopic (exact) mass is 88.0 g/mol. The van der Waals surface area contributed by atoms with Crippen LogP contribution in [0.3, 0.4) is 0 Å². The fourth-order valence-corrected chi connectivity index (χ4v) is 0.0698. The number of hydrogen-bond acceptors (Lipinski definition) is 1. The van der Waals surface area contributed by atoms with Crippen molar-refractivity contribution in [2.45, 2.75) is 0 Å². The summed E-state index contributed by atoms with van der Waals surface area (Å²) >= 11 is 0.